The van der Waals surface area contributed by atoms with Crippen LogP contribution in [0, 0.1) is 5.92 Å². The van der Waals surface area contributed by atoms with Gasteiger partial charge in [-0.05, 0) is 12.8 Å². The van der Waals surface area contributed by atoms with Crippen LogP contribution < -0.4 is 0 Å². The van der Waals surface area contributed by atoms with Crippen molar-refractivity contribution < 1.29 is 9.53 Å². The number of esters is 1. The summed E-state index contributed by atoms with van der Waals surface area (Å²) >= 11 is 0. The van der Waals surface area contributed by atoms with Crippen molar-refractivity contribution in [2.45, 2.75) is 52.9 Å². The molecule has 0 bridgehead atoms. The fourth-order valence-electron chi connectivity index (χ4n) is 1.01. The van der Waals surface area contributed by atoms with E-state index in [1.165, 1.54) is 19.3 Å². The second-order valence-electron chi connectivity index (χ2n) is 3.54. The summed E-state index contributed by atoms with van der Waals surface area (Å²) < 4.78 is 5.10. The minimum absolute atomic E-state index is 0. The van der Waals surface area contributed by atoms with E-state index >= 15 is 0 Å². The number of carbonyl (C=O) groups excluding carboxylic acids is 1. The molecular weight excluding hydrogens is 283 g/mol. The van der Waals surface area contributed by atoms with Gasteiger partial charge in [-0.1, -0.05) is 40.0 Å². The van der Waals surface area contributed by atoms with E-state index < -0.39 is 0 Å². The van der Waals surface area contributed by atoms with Gasteiger partial charge >= 0.3 is 29.9 Å². The van der Waals surface area contributed by atoms with Crippen LogP contribution in [0.15, 0.2) is 0 Å². The summed E-state index contributed by atoms with van der Waals surface area (Å²) in [6, 6.07) is 0. The Morgan fingerprint density at radius 1 is 1.21 bits per heavy atom. The predicted molar refractivity (Wildman–Crippen MR) is 63.1 cm³/mol. The molecule has 2 radical (unpaired) electrons. The Hall–Kier alpha value is 0.269. The summed E-state index contributed by atoms with van der Waals surface area (Å²) in [4.78, 5) is 11.2. The molecule has 0 aliphatic rings. The summed E-state index contributed by atoms with van der Waals surface area (Å²) in [6.07, 6.45) is 5.51. The third-order valence-electron chi connectivity index (χ3n) is 2.26. The Morgan fingerprint density at radius 3 is 2.36 bits per heavy atom. The van der Waals surface area contributed by atoms with Crippen LogP contribution in [0.25, 0.3) is 0 Å². The summed E-state index contributed by atoms with van der Waals surface area (Å²) in [5.74, 6) is 0.0187. The van der Waals surface area contributed by atoms with Crippen LogP contribution in [-0.4, -0.2) is 36.5 Å². The van der Waals surface area contributed by atoms with Gasteiger partial charge in [-0.2, -0.15) is 0 Å². The molecule has 0 N–H and O–H groups in total. The normalized spacial score (nSPS) is 11.6. The average molecular weight is 307 g/mol. The number of rotatable bonds is 7. The van der Waals surface area contributed by atoms with Gasteiger partial charge in [0.05, 0.1) is 12.5 Å². The second kappa shape index (κ2) is 11.3. The van der Waals surface area contributed by atoms with Crippen LogP contribution in [0.3, 0.4) is 0 Å². The van der Waals surface area contributed by atoms with Crippen molar-refractivity contribution in [3.8, 4) is 0 Å². The van der Waals surface area contributed by atoms with E-state index in [2.05, 4.69) is 6.92 Å². The average Bonchev–Trinajstić information content (AvgIpc) is 2.16. The van der Waals surface area contributed by atoms with Crippen LogP contribution in [0.5, 0.6) is 0 Å². The Balaban J connectivity index is 0. The molecule has 0 amide bonds. The first kappa shape index (κ1) is 16.7. The van der Waals surface area contributed by atoms with E-state index in [0.717, 1.165) is 12.8 Å². The first-order chi connectivity index (χ1) is 6.22. The Kier molecular flexibility index (Phi) is 13.5. The van der Waals surface area contributed by atoms with Gasteiger partial charge in [0.25, 0.3) is 0 Å². The standard InChI is InChI=1S/C11H22O2.Sn.2H/c1-4-6-7-8-9-13-11(12)10(3)5-2;;;/h10H,4-9H2,1-3H3;;;. The molecule has 0 aromatic rings. The fourth-order valence-corrected chi connectivity index (χ4v) is 1.01. The molecule has 0 saturated heterocycles. The Labute approximate surface area is 105 Å². The first-order valence-electron chi connectivity index (χ1n) is 5.39. The van der Waals surface area contributed by atoms with E-state index in [4.69, 9.17) is 4.74 Å². The molecule has 0 aliphatic carbocycles. The molecule has 0 heterocycles. The van der Waals surface area contributed by atoms with Crippen molar-refractivity contribution in [3.05, 3.63) is 0 Å². The van der Waals surface area contributed by atoms with Crippen LogP contribution in [0.4, 0.5) is 0 Å². The van der Waals surface area contributed by atoms with Crippen molar-refractivity contribution in [1.29, 1.82) is 0 Å². The van der Waals surface area contributed by atoms with Gasteiger partial charge in [-0.15, -0.1) is 0 Å². The molecule has 2 nitrogen and oxygen atoms in total. The molecular formula is C11H24O2Sn. The Bertz CT molecular complexity index is 137. The van der Waals surface area contributed by atoms with Gasteiger partial charge in [-0.25, -0.2) is 0 Å². The van der Waals surface area contributed by atoms with Crippen molar-refractivity contribution >= 4 is 29.9 Å². The van der Waals surface area contributed by atoms with Gasteiger partial charge in [0.1, 0.15) is 0 Å². The fraction of sp³-hybridized carbons (Fsp3) is 0.909. The number of carbonyl (C=O) groups is 1. The zero-order valence-corrected chi connectivity index (χ0v) is 13.9. The summed E-state index contributed by atoms with van der Waals surface area (Å²) in [5.41, 5.74) is 0. The summed E-state index contributed by atoms with van der Waals surface area (Å²) in [5, 5.41) is 0. The molecule has 0 spiro atoms. The number of hydrogen-bond donors (Lipinski definition) is 0. The number of ether oxygens (including phenoxy) is 1. The molecule has 1 unspecified atom stereocenters. The molecule has 1 atom stereocenters. The third kappa shape index (κ3) is 8.85. The zero-order valence-electron chi connectivity index (χ0n) is 9.84. The van der Waals surface area contributed by atoms with E-state index in [1.807, 2.05) is 13.8 Å². The van der Waals surface area contributed by atoms with Crippen molar-refractivity contribution in [2.75, 3.05) is 6.61 Å². The second-order valence-corrected chi connectivity index (χ2v) is 3.54. The van der Waals surface area contributed by atoms with Crippen LogP contribution >= 0.6 is 0 Å². The minimum atomic E-state index is -0.0426. The third-order valence-corrected chi connectivity index (χ3v) is 2.26. The van der Waals surface area contributed by atoms with Gasteiger partial charge in [0.2, 0.25) is 0 Å². The van der Waals surface area contributed by atoms with E-state index in [0.29, 0.717) is 6.61 Å². The van der Waals surface area contributed by atoms with Crippen LogP contribution in [0.2, 0.25) is 0 Å². The molecule has 0 fully saturated rings. The molecule has 14 heavy (non-hydrogen) atoms. The quantitative estimate of drug-likeness (QED) is 0.410. The summed E-state index contributed by atoms with van der Waals surface area (Å²) in [7, 11) is 0. The molecule has 3 heteroatoms. The van der Waals surface area contributed by atoms with Gasteiger partial charge < -0.3 is 4.74 Å². The maximum atomic E-state index is 11.2. The van der Waals surface area contributed by atoms with Crippen molar-refractivity contribution in [3.63, 3.8) is 0 Å². The molecule has 0 aliphatic heterocycles. The molecule has 0 aromatic carbocycles. The SMILES string of the molecule is CCCCCCOC(=O)C(C)CC.[SnH2]. The predicted octanol–water partition coefficient (Wildman–Crippen LogP) is 2.24. The Morgan fingerprint density at radius 2 is 1.86 bits per heavy atom. The van der Waals surface area contributed by atoms with E-state index in [-0.39, 0.29) is 35.8 Å². The topological polar surface area (TPSA) is 26.3 Å². The van der Waals surface area contributed by atoms with Crippen LogP contribution in [0.1, 0.15) is 52.9 Å². The zero-order chi connectivity index (χ0) is 10.1. The number of hydrogen-bond acceptors (Lipinski definition) is 2. The monoisotopic (exact) mass is 308 g/mol. The molecule has 0 saturated carbocycles. The molecule has 84 valence electrons. The van der Waals surface area contributed by atoms with E-state index in [1.54, 1.807) is 0 Å². The van der Waals surface area contributed by atoms with Gasteiger partial charge in [0.15, 0.2) is 0 Å². The summed E-state index contributed by atoms with van der Waals surface area (Å²) in [6.45, 7) is 6.69. The van der Waals surface area contributed by atoms with Gasteiger partial charge in [0, 0.05) is 0 Å². The molecule has 0 rings (SSSR count). The number of unbranched alkanes of at least 4 members (excludes halogenated alkanes) is 3. The van der Waals surface area contributed by atoms with Crippen molar-refractivity contribution in [1.82, 2.24) is 0 Å². The van der Waals surface area contributed by atoms with Crippen molar-refractivity contribution in [2.24, 2.45) is 5.92 Å². The maximum absolute atomic E-state index is 11.2. The van der Waals surface area contributed by atoms with E-state index in [9.17, 15) is 4.79 Å². The van der Waals surface area contributed by atoms with Gasteiger partial charge in [-0.3, -0.25) is 4.79 Å². The van der Waals surface area contributed by atoms with Crippen LogP contribution in [-0.2, 0) is 9.53 Å². The molecule has 0 aromatic heterocycles. The first-order valence-corrected chi connectivity index (χ1v) is 5.39.